The van der Waals surface area contributed by atoms with Crippen molar-refractivity contribution in [2.75, 3.05) is 18.0 Å². The fourth-order valence-electron chi connectivity index (χ4n) is 3.84. The third-order valence-corrected chi connectivity index (χ3v) is 8.47. The zero-order chi connectivity index (χ0) is 25.1. The maximum absolute atomic E-state index is 13.2. The third kappa shape index (κ3) is 7.42. The normalized spacial score (nSPS) is 12.2. The van der Waals surface area contributed by atoms with Gasteiger partial charge in [0.05, 0.1) is 17.1 Å². The molecule has 0 aliphatic heterocycles. The first-order valence-corrected chi connectivity index (χ1v) is 14.0. The minimum atomic E-state index is -3.66. The van der Waals surface area contributed by atoms with Crippen molar-refractivity contribution in [2.45, 2.75) is 56.9 Å². The number of unbranched alkanes of at least 4 members (excludes halogenated alkanes) is 2. The Kier molecular flexibility index (Phi) is 11.3. The molecule has 1 amide bonds. The summed E-state index contributed by atoms with van der Waals surface area (Å²) in [5.41, 5.74) is 1.39. The number of halogens is 1. The van der Waals surface area contributed by atoms with Crippen molar-refractivity contribution in [3.63, 3.8) is 0 Å². The summed E-state index contributed by atoms with van der Waals surface area (Å²) in [5, 5.41) is 0. The number of hydrogen-bond acceptors (Lipinski definition) is 3. The summed E-state index contributed by atoms with van der Waals surface area (Å²) in [6.07, 6.45) is 9.43. The summed E-state index contributed by atoms with van der Waals surface area (Å²) in [6.45, 7) is 8.16. The summed E-state index contributed by atoms with van der Waals surface area (Å²) in [5.74, 6) is 2.44. The van der Waals surface area contributed by atoms with Gasteiger partial charge in [0.15, 0.2) is 0 Å². The van der Waals surface area contributed by atoms with Crippen LogP contribution in [0.1, 0.15) is 46.0 Å². The lowest BCUT2D eigenvalue weighted by Crippen LogP contribution is -2.40. The van der Waals surface area contributed by atoms with E-state index >= 15 is 0 Å². The first kappa shape index (κ1) is 28.1. The molecule has 0 heterocycles. The van der Waals surface area contributed by atoms with Gasteiger partial charge >= 0.3 is 0 Å². The molecule has 0 saturated heterocycles. The van der Waals surface area contributed by atoms with Crippen LogP contribution in [0.3, 0.4) is 0 Å². The van der Waals surface area contributed by atoms with E-state index in [-0.39, 0.29) is 23.4 Å². The summed E-state index contributed by atoms with van der Waals surface area (Å²) < 4.78 is 28.9. The molecule has 7 heteroatoms. The third-order valence-electron chi connectivity index (χ3n) is 5.65. The molecule has 0 aliphatic rings. The molecule has 34 heavy (non-hydrogen) atoms. The fourth-order valence-corrected chi connectivity index (χ4v) is 6.18. The van der Waals surface area contributed by atoms with Crippen LogP contribution in [0.5, 0.6) is 0 Å². The minimum Gasteiger partial charge on any atom is -0.308 e. The fraction of sp³-hybridized carbons (Fsp3) is 0.370. The molecule has 2 aromatic rings. The van der Waals surface area contributed by atoms with E-state index < -0.39 is 10.0 Å². The zero-order valence-corrected chi connectivity index (χ0v) is 22.9. The van der Waals surface area contributed by atoms with Gasteiger partial charge in [-0.1, -0.05) is 62.6 Å². The Morgan fingerprint density at radius 2 is 1.74 bits per heavy atom. The van der Waals surface area contributed by atoms with Crippen LogP contribution in [-0.4, -0.2) is 37.8 Å². The van der Waals surface area contributed by atoms with Crippen LogP contribution in [0.15, 0.2) is 71.6 Å². The van der Waals surface area contributed by atoms with E-state index in [2.05, 4.69) is 35.1 Å². The second-order valence-corrected chi connectivity index (χ2v) is 11.2. The molecule has 0 N–H and O–H groups in total. The number of amides is 1. The highest BCUT2D eigenvalue weighted by molar-refractivity contribution is 14.1. The number of terminal acetylenes is 1. The standard InChI is InChI=1S/C27H33IN2O3S/c1-5-20-30(34(32,33)24-16-10-7-11-17-24)23(6-2)15-9-8-14-21-29(27(31)22(3)4)26-19-13-12-18-25(26)28/h1,7,10-13,16-19,23H,3,6,8-9,14-15,20-21H2,2,4H3. The van der Waals surface area contributed by atoms with E-state index in [1.165, 1.54) is 4.31 Å². The van der Waals surface area contributed by atoms with Crippen molar-refractivity contribution in [3.8, 4) is 12.3 Å². The quantitative estimate of drug-likeness (QED) is 0.127. The van der Waals surface area contributed by atoms with Gasteiger partial charge in [0.1, 0.15) is 0 Å². The number of anilines is 1. The van der Waals surface area contributed by atoms with Crippen molar-refractivity contribution in [2.24, 2.45) is 0 Å². The molecule has 1 unspecified atom stereocenters. The van der Waals surface area contributed by atoms with Gasteiger partial charge in [0, 0.05) is 21.7 Å². The predicted octanol–water partition coefficient (Wildman–Crippen LogP) is 5.86. The Bertz CT molecular complexity index is 1110. The van der Waals surface area contributed by atoms with Crippen LogP contribution in [0.4, 0.5) is 5.69 Å². The Morgan fingerprint density at radius 3 is 2.32 bits per heavy atom. The van der Waals surface area contributed by atoms with Crippen molar-refractivity contribution in [1.29, 1.82) is 0 Å². The Hall–Kier alpha value is -2.15. The predicted molar refractivity (Wildman–Crippen MR) is 148 cm³/mol. The van der Waals surface area contributed by atoms with E-state index in [1.54, 1.807) is 42.2 Å². The van der Waals surface area contributed by atoms with Gasteiger partial charge in [-0.25, -0.2) is 8.42 Å². The van der Waals surface area contributed by atoms with Gasteiger partial charge < -0.3 is 4.90 Å². The summed E-state index contributed by atoms with van der Waals surface area (Å²) >= 11 is 2.24. The average Bonchev–Trinajstić information content (AvgIpc) is 2.83. The van der Waals surface area contributed by atoms with Crippen molar-refractivity contribution in [1.82, 2.24) is 4.31 Å². The topological polar surface area (TPSA) is 57.7 Å². The van der Waals surface area contributed by atoms with E-state index in [0.29, 0.717) is 25.0 Å². The van der Waals surface area contributed by atoms with Crippen LogP contribution in [0, 0.1) is 15.9 Å². The summed E-state index contributed by atoms with van der Waals surface area (Å²) in [6, 6.07) is 16.1. The SMILES string of the molecule is C#CCN(C(CC)CCCCCN(C(=O)C(=C)C)c1ccccc1I)S(=O)(=O)c1ccccc1. The second-order valence-electron chi connectivity index (χ2n) is 8.17. The van der Waals surface area contributed by atoms with E-state index in [4.69, 9.17) is 6.42 Å². The number of rotatable bonds is 13. The number of sulfonamides is 1. The van der Waals surface area contributed by atoms with Gasteiger partial charge in [-0.2, -0.15) is 4.31 Å². The molecule has 0 spiro atoms. The van der Waals surface area contributed by atoms with E-state index in [9.17, 15) is 13.2 Å². The van der Waals surface area contributed by atoms with Gasteiger partial charge in [0.25, 0.3) is 5.91 Å². The number of hydrogen-bond donors (Lipinski definition) is 0. The van der Waals surface area contributed by atoms with Crippen LogP contribution in [0.2, 0.25) is 0 Å². The van der Waals surface area contributed by atoms with Crippen LogP contribution < -0.4 is 4.90 Å². The highest BCUT2D eigenvalue weighted by atomic mass is 127. The Balaban J connectivity index is 2.03. The number of carbonyl (C=O) groups is 1. The van der Waals surface area contributed by atoms with Gasteiger partial charge in [-0.15, -0.1) is 6.42 Å². The van der Waals surface area contributed by atoms with E-state index in [1.807, 2.05) is 31.2 Å². The van der Waals surface area contributed by atoms with Gasteiger partial charge in [-0.3, -0.25) is 4.79 Å². The molecule has 0 fully saturated rings. The molecule has 2 aromatic carbocycles. The zero-order valence-electron chi connectivity index (χ0n) is 19.9. The summed E-state index contributed by atoms with van der Waals surface area (Å²) in [7, 11) is -3.66. The molecular formula is C27H33IN2O3S. The van der Waals surface area contributed by atoms with Crippen LogP contribution in [0.25, 0.3) is 0 Å². The highest BCUT2D eigenvalue weighted by Crippen LogP contribution is 2.25. The number of para-hydroxylation sites is 1. The molecule has 0 saturated carbocycles. The monoisotopic (exact) mass is 592 g/mol. The molecule has 0 bridgehead atoms. The first-order chi connectivity index (χ1) is 16.2. The molecule has 0 radical (unpaired) electrons. The molecular weight excluding hydrogens is 559 g/mol. The molecule has 5 nitrogen and oxygen atoms in total. The highest BCUT2D eigenvalue weighted by Gasteiger charge is 2.29. The van der Waals surface area contributed by atoms with Gasteiger partial charge in [-0.05, 0) is 73.0 Å². The largest absolute Gasteiger partial charge is 0.308 e. The second kappa shape index (κ2) is 13.7. The van der Waals surface area contributed by atoms with Crippen LogP contribution in [-0.2, 0) is 14.8 Å². The molecule has 1 atom stereocenters. The number of carbonyl (C=O) groups excluding carboxylic acids is 1. The first-order valence-electron chi connectivity index (χ1n) is 11.5. The maximum atomic E-state index is 13.2. The molecule has 0 aliphatic carbocycles. The lowest BCUT2D eigenvalue weighted by molar-refractivity contribution is -0.115. The lowest BCUT2D eigenvalue weighted by atomic mass is 10.1. The number of benzene rings is 2. The Labute approximate surface area is 218 Å². The van der Waals surface area contributed by atoms with Gasteiger partial charge in [0.2, 0.25) is 10.0 Å². The average molecular weight is 593 g/mol. The van der Waals surface area contributed by atoms with Crippen molar-refractivity contribution in [3.05, 3.63) is 70.3 Å². The Morgan fingerprint density at radius 1 is 1.09 bits per heavy atom. The van der Waals surface area contributed by atoms with Crippen LogP contribution >= 0.6 is 22.6 Å². The molecule has 2 rings (SSSR count). The molecule has 182 valence electrons. The lowest BCUT2D eigenvalue weighted by Gasteiger charge is -2.29. The minimum absolute atomic E-state index is 0.0447. The van der Waals surface area contributed by atoms with Crippen molar-refractivity contribution >= 4 is 44.2 Å². The molecule has 0 aromatic heterocycles. The van der Waals surface area contributed by atoms with Crippen molar-refractivity contribution < 1.29 is 13.2 Å². The number of nitrogens with zero attached hydrogens (tertiary/aromatic N) is 2. The smallest absolute Gasteiger partial charge is 0.253 e. The maximum Gasteiger partial charge on any atom is 0.253 e. The van der Waals surface area contributed by atoms with E-state index in [0.717, 1.165) is 28.5 Å². The summed E-state index contributed by atoms with van der Waals surface area (Å²) in [4.78, 5) is 14.8.